The van der Waals surface area contributed by atoms with Crippen LogP contribution < -0.4 is 10.5 Å². The molecule has 0 fully saturated rings. The van der Waals surface area contributed by atoms with E-state index in [1.807, 2.05) is 30.3 Å². The number of hydrogen-bond acceptors (Lipinski definition) is 7. The van der Waals surface area contributed by atoms with Crippen molar-refractivity contribution in [1.29, 1.82) is 0 Å². The zero-order chi connectivity index (χ0) is 22.4. The quantitative estimate of drug-likeness (QED) is 0.403. The van der Waals surface area contributed by atoms with Crippen LogP contribution in [0.2, 0.25) is 0 Å². The molecule has 2 aromatic rings. The summed E-state index contributed by atoms with van der Waals surface area (Å²) >= 11 is 0. The summed E-state index contributed by atoms with van der Waals surface area (Å²) in [6.07, 6.45) is 0.334. The molecule has 0 aliphatic carbocycles. The van der Waals surface area contributed by atoms with E-state index in [1.54, 1.807) is 32.9 Å². The number of aldehydes is 1. The Morgan fingerprint density at radius 1 is 1.00 bits per heavy atom. The Labute approximate surface area is 176 Å². The lowest BCUT2D eigenvalue weighted by atomic mass is 9.74. The molecule has 0 heterocycles. The van der Waals surface area contributed by atoms with Gasteiger partial charge in [0.25, 0.3) is 0 Å². The van der Waals surface area contributed by atoms with Gasteiger partial charge in [0.05, 0.1) is 13.2 Å². The number of esters is 2. The second kappa shape index (κ2) is 9.54. The molecule has 2 rings (SSSR count). The third-order valence-corrected chi connectivity index (χ3v) is 4.43. The number of rotatable bonds is 8. The minimum Gasteiger partial charge on any atom is -0.489 e. The molecule has 0 amide bonds. The third-order valence-electron chi connectivity index (χ3n) is 4.43. The van der Waals surface area contributed by atoms with Crippen LogP contribution in [0.3, 0.4) is 0 Å². The summed E-state index contributed by atoms with van der Waals surface area (Å²) in [6.45, 7) is 5.31. The van der Waals surface area contributed by atoms with Gasteiger partial charge in [-0.1, -0.05) is 42.5 Å². The highest BCUT2D eigenvalue weighted by Crippen LogP contribution is 2.33. The monoisotopic (exact) mass is 413 g/mol. The summed E-state index contributed by atoms with van der Waals surface area (Å²) in [5.41, 5.74) is 4.07. The van der Waals surface area contributed by atoms with E-state index in [1.165, 1.54) is 12.1 Å². The van der Waals surface area contributed by atoms with Crippen LogP contribution in [-0.2, 0) is 35.9 Å². The predicted octanol–water partition coefficient (Wildman–Crippen LogP) is 2.54. The number of carbonyl (C=O) groups excluding carboxylic acids is 3. The summed E-state index contributed by atoms with van der Waals surface area (Å²) in [5, 5.41) is 0. The standard InChI is InChI=1S/C23H27NO6/c1-22(2,3)30-21(27)23(19(24)14-25,20(26)28-4)17-10-12-18(13-11-17)29-15-16-8-6-5-7-9-16/h5-14,19H,15,24H2,1-4H3. The molecular weight excluding hydrogens is 386 g/mol. The predicted molar refractivity (Wildman–Crippen MR) is 111 cm³/mol. The molecule has 7 nitrogen and oxygen atoms in total. The van der Waals surface area contributed by atoms with Crippen molar-refractivity contribution in [3.63, 3.8) is 0 Å². The lowest BCUT2D eigenvalue weighted by Gasteiger charge is -2.34. The molecule has 0 aliphatic heterocycles. The van der Waals surface area contributed by atoms with Gasteiger partial charge in [-0.25, -0.2) is 0 Å². The SMILES string of the molecule is COC(=O)C(C(=O)OC(C)(C)C)(c1ccc(OCc2ccccc2)cc1)C(N)C=O. The van der Waals surface area contributed by atoms with Gasteiger partial charge in [0.2, 0.25) is 5.41 Å². The normalized spacial score (nSPS) is 14.2. The molecular formula is C23H27NO6. The Balaban J connectivity index is 2.41. The number of hydrogen-bond donors (Lipinski definition) is 1. The fourth-order valence-corrected chi connectivity index (χ4v) is 2.96. The van der Waals surface area contributed by atoms with E-state index in [0.29, 0.717) is 18.6 Å². The lowest BCUT2D eigenvalue weighted by Crippen LogP contribution is -2.59. The van der Waals surface area contributed by atoms with Gasteiger partial charge >= 0.3 is 11.9 Å². The maximum atomic E-state index is 13.1. The van der Waals surface area contributed by atoms with Crippen molar-refractivity contribution in [2.45, 2.75) is 44.4 Å². The average molecular weight is 413 g/mol. The first-order chi connectivity index (χ1) is 14.1. The Morgan fingerprint density at radius 3 is 2.10 bits per heavy atom. The van der Waals surface area contributed by atoms with Crippen molar-refractivity contribution in [3.05, 3.63) is 65.7 Å². The second-order valence-corrected chi connectivity index (χ2v) is 7.76. The molecule has 2 aromatic carbocycles. The van der Waals surface area contributed by atoms with E-state index >= 15 is 0 Å². The average Bonchev–Trinajstić information content (AvgIpc) is 2.72. The van der Waals surface area contributed by atoms with Crippen LogP contribution in [0, 0.1) is 0 Å². The maximum Gasteiger partial charge on any atom is 0.330 e. The minimum absolute atomic E-state index is 0.176. The Morgan fingerprint density at radius 2 is 1.60 bits per heavy atom. The van der Waals surface area contributed by atoms with E-state index in [-0.39, 0.29) is 5.56 Å². The van der Waals surface area contributed by atoms with Crippen LogP contribution in [0.15, 0.2) is 54.6 Å². The van der Waals surface area contributed by atoms with E-state index in [4.69, 9.17) is 19.9 Å². The van der Waals surface area contributed by atoms with Crippen molar-refractivity contribution < 1.29 is 28.6 Å². The number of nitrogens with two attached hydrogens (primary N) is 1. The van der Waals surface area contributed by atoms with Gasteiger partial charge in [0.1, 0.15) is 24.2 Å². The van der Waals surface area contributed by atoms with Crippen LogP contribution >= 0.6 is 0 Å². The van der Waals surface area contributed by atoms with E-state index in [9.17, 15) is 14.4 Å². The molecule has 30 heavy (non-hydrogen) atoms. The molecule has 0 spiro atoms. The summed E-state index contributed by atoms with van der Waals surface area (Å²) < 4.78 is 16.0. The summed E-state index contributed by atoms with van der Waals surface area (Å²) in [7, 11) is 1.12. The van der Waals surface area contributed by atoms with Gasteiger partial charge in [-0.05, 0) is 44.0 Å². The van der Waals surface area contributed by atoms with Crippen LogP contribution in [0.5, 0.6) is 5.75 Å². The molecule has 0 aromatic heterocycles. The number of methoxy groups -OCH3 is 1. The second-order valence-electron chi connectivity index (χ2n) is 7.76. The van der Waals surface area contributed by atoms with Crippen molar-refractivity contribution in [1.82, 2.24) is 0 Å². The van der Waals surface area contributed by atoms with Gasteiger partial charge in [-0.2, -0.15) is 0 Å². The van der Waals surface area contributed by atoms with Crippen LogP contribution in [0.4, 0.5) is 0 Å². The highest BCUT2D eigenvalue weighted by Gasteiger charge is 2.56. The largest absolute Gasteiger partial charge is 0.489 e. The Hall–Kier alpha value is -3.19. The first kappa shape index (κ1) is 23.1. The zero-order valence-corrected chi connectivity index (χ0v) is 17.6. The van der Waals surface area contributed by atoms with Crippen molar-refractivity contribution in [2.24, 2.45) is 5.73 Å². The Kier molecular flexibility index (Phi) is 7.34. The number of benzene rings is 2. The minimum atomic E-state index is -2.14. The van der Waals surface area contributed by atoms with E-state index in [2.05, 4.69) is 0 Å². The molecule has 2 N–H and O–H groups in total. The van der Waals surface area contributed by atoms with Gasteiger partial charge in [0, 0.05) is 0 Å². The Bertz CT molecular complexity index is 873. The molecule has 2 unspecified atom stereocenters. The summed E-state index contributed by atoms with van der Waals surface area (Å²) in [6, 6.07) is 14.3. The van der Waals surface area contributed by atoms with Crippen LogP contribution in [0.1, 0.15) is 31.9 Å². The molecule has 0 aliphatic rings. The highest BCUT2D eigenvalue weighted by atomic mass is 16.6. The van der Waals surface area contributed by atoms with Gasteiger partial charge in [0.15, 0.2) is 0 Å². The maximum absolute atomic E-state index is 13.1. The van der Waals surface area contributed by atoms with Gasteiger partial charge in [-0.15, -0.1) is 0 Å². The molecule has 0 bridgehead atoms. The molecule has 0 radical (unpaired) electrons. The molecule has 0 saturated heterocycles. The van der Waals surface area contributed by atoms with Crippen molar-refractivity contribution in [3.8, 4) is 5.75 Å². The molecule has 2 atom stereocenters. The van der Waals surface area contributed by atoms with E-state index in [0.717, 1.165) is 12.7 Å². The number of ether oxygens (including phenoxy) is 3. The van der Waals surface area contributed by atoms with Gasteiger partial charge < -0.3 is 24.7 Å². The van der Waals surface area contributed by atoms with Crippen LogP contribution in [-0.4, -0.2) is 37.0 Å². The molecule has 7 heteroatoms. The van der Waals surface area contributed by atoms with Crippen molar-refractivity contribution >= 4 is 18.2 Å². The van der Waals surface area contributed by atoms with Crippen LogP contribution in [0.25, 0.3) is 0 Å². The fraction of sp³-hybridized carbons (Fsp3) is 0.348. The highest BCUT2D eigenvalue weighted by molar-refractivity contribution is 6.10. The smallest absolute Gasteiger partial charge is 0.330 e. The molecule has 160 valence electrons. The molecule has 0 saturated carbocycles. The number of carbonyl (C=O) groups is 3. The summed E-state index contributed by atoms with van der Waals surface area (Å²) in [4.78, 5) is 37.4. The lowest BCUT2D eigenvalue weighted by molar-refractivity contribution is -0.173. The third kappa shape index (κ3) is 5.04. The van der Waals surface area contributed by atoms with Crippen molar-refractivity contribution in [2.75, 3.05) is 7.11 Å². The first-order valence-electron chi connectivity index (χ1n) is 9.45. The van der Waals surface area contributed by atoms with Gasteiger partial charge in [-0.3, -0.25) is 9.59 Å². The zero-order valence-electron chi connectivity index (χ0n) is 17.6. The summed E-state index contributed by atoms with van der Waals surface area (Å²) in [5.74, 6) is -1.42. The topological polar surface area (TPSA) is 105 Å². The fourth-order valence-electron chi connectivity index (χ4n) is 2.96. The first-order valence-corrected chi connectivity index (χ1v) is 9.45. The van der Waals surface area contributed by atoms with E-state index < -0.39 is 29.0 Å².